The SMILES string of the molecule is COC(c1ccccc1)c1ccc(F)c(NC(=O)c2cc(C(F)(F)F)nn2-c2cccc(CN)c2)c1. The number of benzene rings is 3. The third-order valence-electron chi connectivity index (χ3n) is 5.50. The Morgan fingerprint density at radius 1 is 1.03 bits per heavy atom. The highest BCUT2D eigenvalue weighted by molar-refractivity contribution is 6.03. The minimum Gasteiger partial charge on any atom is -0.372 e. The van der Waals surface area contributed by atoms with Crippen LogP contribution in [0.3, 0.4) is 0 Å². The lowest BCUT2D eigenvalue weighted by Gasteiger charge is -2.18. The van der Waals surface area contributed by atoms with Crippen molar-refractivity contribution in [3.05, 3.63) is 113 Å². The Hall–Kier alpha value is -4.02. The summed E-state index contributed by atoms with van der Waals surface area (Å²) < 4.78 is 61.4. The summed E-state index contributed by atoms with van der Waals surface area (Å²) in [6, 6.07) is 20.1. The molecule has 10 heteroatoms. The molecule has 1 heterocycles. The highest BCUT2D eigenvalue weighted by Crippen LogP contribution is 2.31. The zero-order valence-corrected chi connectivity index (χ0v) is 19.1. The van der Waals surface area contributed by atoms with E-state index in [0.29, 0.717) is 17.2 Å². The van der Waals surface area contributed by atoms with Crippen LogP contribution >= 0.6 is 0 Å². The number of carbonyl (C=O) groups excluding carboxylic acids is 1. The summed E-state index contributed by atoms with van der Waals surface area (Å²) >= 11 is 0. The van der Waals surface area contributed by atoms with Gasteiger partial charge in [0.15, 0.2) is 5.69 Å². The molecule has 0 radical (unpaired) electrons. The molecule has 1 unspecified atom stereocenters. The van der Waals surface area contributed by atoms with Gasteiger partial charge in [-0.25, -0.2) is 9.07 Å². The van der Waals surface area contributed by atoms with E-state index in [0.717, 1.165) is 16.3 Å². The second-order valence-electron chi connectivity index (χ2n) is 7.92. The first-order chi connectivity index (χ1) is 17.2. The van der Waals surface area contributed by atoms with Crippen LogP contribution in [-0.4, -0.2) is 22.8 Å². The fourth-order valence-corrected chi connectivity index (χ4v) is 3.77. The average Bonchev–Trinajstić information content (AvgIpc) is 3.34. The normalized spacial score (nSPS) is 12.4. The van der Waals surface area contributed by atoms with Crippen molar-refractivity contribution in [2.24, 2.45) is 5.73 Å². The first kappa shape index (κ1) is 25.1. The summed E-state index contributed by atoms with van der Waals surface area (Å²) in [6.45, 7) is 0.142. The van der Waals surface area contributed by atoms with Crippen molar-refractivity contribution >= 4 is 11.6 Å². The summed E-state index contributed by atoms with van der Waals surface area (Å²) in [5.74, 6) is -1.73. The Kier molecular flexibility index (Phi) is 7.18. The fraction of sp³-hybridized carbons (Fsp3) is 0.154. The van der Waals surface area contributed by atoms with Crippen LogP contribution < -0.4 is 11.1 Å². The number of amides is 1. The van der Waals surface area contributed by atoms with Crippen LogP contribution in [0.2, 0.25) is 0 Å². The number of anilines is 1. The summed E-state index contributed by atoms with van der Waals surface area (Å²) in [4.78, 5) is 13.1. The number of carbonyl (C=O) groups is 1. The predicted octanol–water partition coefficient (Wildman–Crippen LogP) is 5.48. The van der Waals surface area contributed by atoms with E-state index in [-0.39, 0.29) is 17.9 Å². The van der Waals surface area contributed by atoms with Gasteiger partial charge in [0, 0.05) is 19.7 Å². The number of aromatic nitrogens is 2. The quantitative estimate of drug-likeness (QED) is 0.331. The Balaban J connectivity index is 1.71. The van der Waals surface area contributed by atoms with Gasteiger partial charge in [0.2, 0.25) is 0 Å². The van der Waals surface area contributed by atoms with Gasteiger partial charge in [-0.1, -0.05) is 48.5 Å². The molecule has 1 atom stereocenters. The molecule has 0 spiro atoms. The molecule has 0 saturated heterocycles. The number of nitrogens with one attached hydrogen (secondary N) is 1. The largest absolute Gasteiger partial charge is 0.435 e. The van der Waals surface area contributed by atoms with E-state index in [1.54, 1.807) is 12.1 Å². The zero-order valence-electron chi connectivity index (χ0n) is 19.1. The fourth-order valence-electron chi connectivity index (χ4n) is 3.77. The molecule has 4 rings (SSSR count). The molecule has 186 valence electrons. The lowest BCUT2D eigenvalue weighted by molar-refractivity contribution is -0.141. The summed E-state index contributed by atoms with van der Waals surface area (Å²) in [5, 5.41) is 5.97. The molecule has 0 bridgehead atoms. The van der Waals surface area contributed by atoms with Gasteiger partial charge in [0.1, 0.15) is 17.6 Å². The molecule has 36 heavy (non-hydrogen) atoms. The summed E-state index contributed by atoms with van der Waals surface area (Å²) in [7, 11) is 1.49. The topological polar surface area (TPSA) is 82.2 Å². The van der Waals surface area contributed by atoms with E-state index in [2.05, 4.69) is 10.4 Å². The van der Waals surface area contributed by atoms with Crippen LogP contribution in [-0.2, 0) is 17.5 Å². The van der Waals surface area contributed by atoms with Gasteiger partial charge < -0.3 is 15.8 Å². The van der Waals surface area contributed by atoms with E-state index in [9.17, 15) is 22.4 Å². The summed E-state index contributed by atoms with van der Waals surface area (Å²) in [5.41, 5.74) is 5.92. The van der Waals surface area contributed by atoms with Crippen LogP contribution in [0.1, 0.15) is 39.0 Å². The first-order valence-corrected chi connectivity index (χ1v) is 10.9. The Bertz CT molecular complexity index is 1370. The van der Waals surface area contributed by atoms with Crippen molar-refractivity contribution in [1.29, 1.82) is 0 Å². The van der Waals surface area contributed by atoms with Gasteiger partial charge in [-0.05, 0) is 41.0 Å². The molecular weight excluding hydrogens is 476 g/mol. The minimum absolute atomic E-state index is 0.142. The molecule has 6 nitrogen and oxygen atoms in total. The van der Waals surface area contributed by atoms with Crippen LogP contribution in [0.5, 0.6) is 0 Å². The molecule has 0 fully saturated rings. The second kappa shape index (κ2) is 10.3. The lowest BCUT2D eigenvalue weighted by Crippen LogP contribution is -2.18. The van der Waals surface area contributed by atoms with E-state index in [4.69, 9.17) is 10.5 Å². The lowest BCUT2D eigenvalue weighted by atomic mass is 10.0. The molecule has 3 aromatic carbocycles. The molecule has 3 N–H and O–H groups in total. The molecule has 0 aliphatic rings. The highest BCUT2D eigenvalue weighted by atomic mass is 19.4. The van der Waals surface area contributed by atoms with Gasteiger partial charge >= 0.3 is 6.18 Å². The Labute approximate surface area is 204 Å². The van der Waals surface area contributed by atoms with Crippen molar-refractivity contribution < 1.29 is 27.1 Å². The van der Waals surface area contributed by atoms with Gasteiger partial charge in [-0.3, -0.25) is 4.79 Å². The number of halogens is 4. The zero-order chi connectivity index (χ0) is 25.9. The average molecular weight is 498 g/mol. The van der Waals surface area contributed by atoms with Gasteiger partial charge in [0.25, 0.3) is 5.91 Å². The van der Waals surface area contributed by atoms with E-state index in [1.165, 1.54) is 31.4 Å². The Morgan fingerprint density at radius 3 is 2.44 bits per heavy atom. The predicted molar refractivity (Wildman–Crippen MR) is 126 cm³/mol. The molecule has 4 aromatic rings. The Morgan fingerprint density at radius 2 is 1.78 bits per heavy atom. The van der Waals surface area contributed by atoms with Gasteiger partial charge in [-0.15, -0.1) is 0 Å². The maximum atomic E-state index is 14.7. The van der Waals surface area contributed by atoms with Crippen molar-refractivity contribution in [3.8, 4) is 5.69 Å². The second-order valence-corrected chi connectivity index (χ2v) is 7.92. The van der Waals surface area contributed by atoms with E-state index in [1.807, 2.05) is 30.3 Å². The molecule has 1 aromatic heterocycles. The van der Waals surface area contributed by atoms with Crippen LogP contribution in [0.25, 0.3) is 5.69 Å². The number of nitrogens with two attached hydrogens (primary N) is 1. The smallest absolute Gasteiger partial charge is 0.372 e. The van der Waals surface area contributed by atoms with Crippen LogP contribution in [0.15, 0.2) is 78.9 Å². The third kappa shape index (κ3) is 5.29. The standard InChI is InChI=1S/C26H22F4N4O2/c1-36-24(17-7-3-2-4-8-17)18-10-11-20(27)21(13-18)32-25(35)22-14-23(26(28,29)30)33-34(22)19-9-5-6-16(12-19)15-31/h2-14,24H,15,31H2,1H3,(H,32,35). The number of alkyl halides is 3. The highest BCUT2D eigenvalue weighted by Gasteiger charge is 2.36. The van der Waals surface area contributed by atoms with Gasteiger partial charge in [0.05, 0.1) is 11.4 Å². The van der Waals surface area contributed by atoms with Crippen LogP contribution in [0, 0.1) is 5.82 Å². The molecule has 0 aliphatic heterocycles. The van der Waals surface area contributed by atoms with Crippen molar-refractivity contribution in [3.63, 3.8) is 0 Å². The number of methoxy groups -OCH3 is 1. The number of hydrogen-bond donors (Lipinski definition) is 2. The molecule has 1 amide bonds. The van der Waals surface area contributed by atoms with Crippen molar-refractivity contribution in [1.82, 2.24) is 9.78 Å². The number of nitrogens with zero attached hydrogens (tertiary/aromatic N) is 2. The maximum absolute atomic E-state index is 14.7. The van der Waals surface area contributed by atoms with Crippen molar-refractivity contribution in [2.75, 3.05) is 12.4 Å². The monoisotopic (exact) mass is 498 g/mol. The van der Waals surface area contributed by atoms with E-state index >= 15 is 0 Å². The van der Waals surface area contributed by atoms with Gasteiger partial charge in [-0.2, -0.15) is 18.3 Å². The number of hydrogen-bond acceptors (Lipinski definition) is 4. The van der Waals surface area contributed by atoms with Crippen LogP contribution in [0.4, 0.5) is 23.2 Å². The first-order valence-electron chi connectivity index (χ1n) is 10.9. The minimum atomic E-state index is -4.79. The van der Waals surface area contributed by atoms with Crippen molar-refractivity contribution in [2.45, 2.75) is 18.8 Å². The molecule has 0 aliphatic carbocycles. The van der Waals surface area contributed by atoms with E-state index < -0.39 is 35.4 Å². The number of ether oxygens (including phenoxy) is 1. The maximum Gasteiger partial charge on any atom is 0.435 e. The molecular formula is C26H22F4N4O2. The third-order valence-corrected chi connectivity index (χ3v) is 5.50. The number of rotatable bonds is 7. The molecule has 0 saturated carbocycles. The summed E-state index contributed by atoms with van der Waals surface area (Å²) in [6.07, 6.45) is -5.35.